The van der Waals surface area contributed by atoms with E-state index in [9.17, 15) is 18.0 Å². The number of sulfonamides is 1. The Morgan fingerprint density at radius 2 is 1.72 bits per heavy atom. The van der Waals surface area contributed by atoms with Crippen molar-refractivity contribution >= 4 is 28.0 Å². The van der Waals surface area contributed by atoms with Crippen LogP contribution in [0.1, 0.15) is 26.6 Å². The summed E-state index contributed by atoms with van der Waals surface area (Å²) >= 11 is 0. The third-order valence-corrected chi connectivity index (χ3v) is 3.64. The van der Waals surface area contributed by atoms with Crippen LogP contribution in [0.25, 0.3) is 0 Å². The highest BCUT2D eigenvalue weighted by atomic mass is 32.2. The molecule has 0 saturated heterocycles. The first-order valence-electron chi connectivity index (χ1n) is 8.36. The molecule has 12 heteroatoms. The van der Waals surface area contributed by atoms with Crippen LogP contribution < -0.4 is 14.8 Å². The fraction of sp³-hybridized carbons (Fsp3) is 0.353. The van der Waals surface area contributed by atoms with Crippen LogP contribution in [0.5, 0.6) is 6.01 Å². The van der Waals surface area contributed by atoms with Gasteiger partial charge in [-0.25, -0.2) is 22.7 Å². The van der Waals surface area contributed by atoms with Crippen LogP contribution >= 0.6 is 0 Å². The number of hydrogen-bond donors (Lipinski definition) is 2. The number of aryl methyl sites for hydroxylation is 1. The highest BCUT2D eigenvalue weighted by Gasteiger charge is 2.13. The van der Waals surface area contributed by atoms with Gasteiger partial charge in [-0.2, -0.15) is 15.0 Å². The van der Waals surface area contributed by atoms with Crippen molar-refractivity contribution in [1.82, 2.24) is 19.7 Å². The molecule has 160 valence electrons. The first kappa shape index (κ1) is 25.7. The van der Waals surface area contributed by atoms with Gasteiger partial charge in [-0.05, 0) is 19.9 Å². The molecule has 0 fully saturated rings. The zero-order chi connectivity index (χ0) is 22.4. The second-order valence-electron chi connectivity index (χ2n) is 4.89. The number of nitrogens with zero attached hydrogens (tertiary/aromatic N) is 3. The van der Waals surface area contributed by atoms with E-state index in [1.165, 1.54) is 38.5 Å². The first-order valence-corrected chi connectivity index (χ1v) is 9.91. The number of urea groups is 1. The quantitative estimate of drug-likeness (QED) is 0.377. The number of aromatic nitrogens is 3. The summed E-state index contributed by atoms with van der Waals surface area (Å²) in [6, 6.07) is -1.08. The molecule has 1 heterocycles. The molecule has 11 nitrogen and oxygen atoms in total. The van der Waals surface area contributed by atoms with Gasteiger partial charge >= 0.3 is 18.0 Å². The molecule has 2 N–H and O–H groups in total. The SMILES string of the molecule is CC.COC(=O)\C=C/C=C(C)\C=C\S(=O)(=O)NC(=O)Nc1nc(C)nc(OC)n1. The maximum Gasteiger partial charge on any atom is 0.335 e. The lowest BCUT2D eigenvalue weighted by molar-refractivity contribution is -0.134. The van der Waals surface area contributed by atoms with E-state index >= 15 is 0 Å². The number of rotatable bonds is 7. The molecular formula is C17H25N5O6S. The van der Waals surface area contributed by atoms with Crippen LogP contribution in [0.4, 0.5) is 10.7 Å². The summed E-state index contributed by atoms with van der Waals surface area (Å²) in [6.07, 6.45) is 5.30. The van der Waals surface area contributed by atoms with Crippen molar-refractivity contribution in [2.45, 2.75) is 27.7 Å². The molecule has 0 bridgehead atoms. The molecule has 1 rings (SSSR count). The van der Waals surface area contributed by atoms with Crippen molar-refractivity contribution in [3.63, 3.8) is 0 Å². The van der Waals surface area contributed by atoms with Crippen molar-refractivity contribution in [3.05, 3.63) is 41.1 Å². The molecule has 0 atom stereocenters. The molecule has 1 aromatic heterocycles. The van der Waals surface area contributed by atoms with Crippen molar-refractivity contribution < 1.29 is 27.5 Å². The molecule has 0 aliphatic rings. The van der Waals surface area contributed by atoms with Gasteiger partial charge in [-0.15, -0.1) is 0 Å². The molecule has 0 aliphatic carbocycles. The Bertz CT molecular complexity index is 894. The summed E-state index contributed by atoms with van der Waals surface area (Å²) in [7, 11) is -1.50. The first-order chi connectivity index (χ1) is 13.6. The minimum Gasteiger partial charge on any atom is -0.467 e. The predicted molar refractivity (Wildman–Crippen MR) is 108 cm³/mol. The van der Waals surface area contributed by atoms with Crippen LogP contribution in [0.3, 0.4) is 0 Å². The zero-order valence-corrected chi connectivity index (χ0v) is 17.9. The van der Waals surface area contributed by atoms with Gasteiger partial charge in [0.25, 0.3) is 10.0 Å². The van der Waals surface area contributed by atoms with E-state index in [2.05, 4.69) is 25.0 Å². The lowest BCUT2D eigenvalue weighted by Gasteiger charge is -2.06. The molecular weight excluding hydrogens is 402 g/mol. The molecule has 0 spiro atoms. The van der Waals surface area contributed by atoms with Crippen molar-refractivity contribution in [2.24, 2.45) is 0 Å². The van der Waals surface area contributed by atoms with Crippen LogP contribution in [0.2, 0.25) is 0 Å². The Balaban J connectivity index is 0.00000379. The van der Waals surface area contributed by atoms with Gasteiger partial charge in [0.05, 0.1) is 19.6 Å². The lowest BCUT2D eigenvalue weighted by atomic mass is 10.3. The molecule has 0 unspecified atom stereocenters. The van der Waals surface area contributed by atoms with Gasteiger partial charge in [0, 0.05) is 6.08 Å². The summed E-state index contributed by atoms with van der Waals surface area (Å²) in [4.78, 5) is 34.2. The number of amides is 2. The summed E-state index contributed by atoms with van der Waals surface area (Å²) in [5.74, 6) is -0.431. The smallest absolute Gasteiger partial charge is 0.335 e. The highest BCUT2D eigenvalue weighted by Crippen LogP contribution is 2.06. The number of nitrogens with one attached hydrogen (secondary N) is 2. The van der Waals surface area contributed by atoms with Crippen molar-refractivity contribution in [3.8, 4) is 6.01 Å². The normalized spacial score (nSPS) is 11.6. The number of methoxy groups -OCH3 is 2. The third kappa shape index (κ3) is 11.2. The van der Waals surface area contributed by atoms with Crippen molar-refractivity contribution in [1.29, 1.82) is 0 Å². The fourth-order valence-corrected chi connectivity index (χ4v) is 2.26. The highest BCUT2D eigenvalue weighted by molar-refractivity contribution is 7.92. The van der Waals surface area contributed by atoms with Gasteiger partial charge < -0.3 is 9.47 Å². The Labute approximate surface area is 170 Å². The molecule has 0 saturated carbocycles. The number of allylic oxidation sites excluding steroid dienone is 4. The Hall–Kier alpha value is -3.28. The number of esters is 1. The van der Waals surface area contributed by atoms with E-state index in [1.807, 2.05) is 13.8 Å². The second kappa shape index (κ2) is 13.0. The average Bonchev–Trinajstić information content (AvgIpc) is 2.66. The van der Waals surface area contributed by atoms with Crippen LogP contribution in [-0.2, 0) is 19.6 Å². The minimum absolute atomic E-state index is 0.0266. The average molecular weight is 427 g/mol. The minimum atomic E-state index is -4.07. The summed E-state index contributed by atoms with van der Waals surface area (Å²) in [5, 5.41) is 2.97. The largest absolute Gasteiger partial charge is 0.467 e. The molecule has 0 radical (unpaired) electrons. The third-order valence-electron chi connectivity index (χ3n) is 2.67. The maximum absolute atomic E-state index is 11.9. The number of carbonyl (C=O) groups is 2. The topological polar surface area (TPSA) is 149 Å². The summed E-state index contributed by atoms with van der Waals surface area (Å²) in [6.45, 7) is 7.16. The Morgan fingerprint density at radius 3 is 2.31 bits per heavy atom. The molecule has 2 amide bonds. The van der Waals surface area contributed by atoms with E-state index in [-0.39, 0.29) is 17.8 Å². The fourth-order valence-electron chi connectivity index (χ4n) is 1.49. The summed E-state index contributed by atoms with van der Waals surface area (Å²) in [5.41, 5.74) is 0.513. The Morgan fingerprint density at radius 1 is 1.07 bits per heavy atom. The number of ether oxygens (including phenoxy) is 2. The second-order valence-corrected chi connectivity index (χ2v) is 6.46. The number of anilines is 1. The number of carbonyl (C=O) groups excluding carboxylic acids is 2. The van der Waals surface area contributed by atoms with Gasteiger partial charge in [0.2, 0.25) is 5.95 Å². The molecule has 1 aromatic rings. The lowest BCUT2D eigenvalue weighted by Crippen LogP contribution is -2.33. The molecule has 0 aliphatic heterocycles. The van der Waals surface area contributed by atoms with Gasteiger partial charge in [0.1, 0.15) is 5.82 Å². The van der Waals surface area contributed by atoms with E-state index in [0.29, 0.717) is 5.57 Å². The Kier molecular flexibility index (Phi) is 11.5. The van der Waals surface area contributed by atoms with Crippen molar-refractivity contribution in [2.75, 3.05) is 19.5 Å². The molecule has 0 aromatic carbocycles. The van der Waals surface area contributed by atoms with E-state index < -0.39 is 22.0 Å². The van der Waals surface area contributed by atoms with Gasteiger partial charge in [-0.1, -0.05) is 31.6 Å². The van der Waals surface area contributed by atoms with E-state index in [1.54, 1.807) is 18.6 Å². The van der Waals surface area contributed by atoms with Crippen LogP contribution in [0, 0.1) is 6.92 Å². The van der Waals surface area contributed by atoms with E-state index in [4.69, 9.17) is 4.74 Å². The zero-order valence-electron chi connectivity index (χ0n) is 17.1. The monoisotopic (exact) mass is 427 g/mol. The molecule has 29 heavy (non-hydrogen) atoms. The maximum atomic E-state index is 11.9. The predicted octanol–water partition coefficient (Wildman–Crippen LogP) is 1.86. The standard InChI is InChI=1S/C15H19N5O6S.C2H6/c1-10(6-5-7-12(21)25-3)8-9-27(23,24)20-14(22)18-13-16-11(2)17-15(19-13)26-4;1-2/h5-9H,1-4H3,(H2,16,17,18,19,20,22);1-2H3/b7-5-,9-8+,10-6-;. The van der Waals surface area contributed by atoms with Gasteiger partial charge in [-0.3, -0.25) is 5.32 Å². The summed E-state index contributed by atoms with van der Waals surface area (Å²) < 4.78 is 34.8. The van der Waals surface area contributed by atoms with Crippen LogP contribution in [-0.4, -0.2) is 49.6 Å². The van der Waals surface area contributed by atoms with Gasteiger partial charge in [0.15, 0.2) is 0 Å². The van der Waals surface area contributed by atoms with Crippen LogP contribution in [0.15, 0.2) is 35.3 Å². The number of hydrogen-bond acceptors (Lipinski definition) is 9. The van der Waals surface area contributed by atoms with E-state index in [0.717, 1.165) is 5.41 Å².